The summed E-state index contributed by atoms with van der Waals surface area (Å²) in [6.45, 7) is 3.72. The lowest BCUT2D eigenvalue weighted by Crippen LogP contribution is -2.42. The van der Waals surface area contributed by atoms with Gasteiger partial charge in [-0.2, -0.15) is 11.8 Å². The molecule has 1 aromatic heterocycles. The first-order valence-electron chi connectivity index (χ1n) is 5.59. The molecule has 17 heavy (non-hydrogen) atoms. The number of halogens is 1. The maximum atomic E-state index is 12.1. The molecule has 1 saturated heterocycles. The normalized spacial score (nSPS) is 20.4. The lowest BCUT2D eigenvalue weighted by Gasteiger charge is -2.31. The Morgan fingerprint density at radius 2 is 2.41 bits per heavy atom. The molecule has 1 unspecified atom stereocenters. The summed E-state index contributed by atoms with van der Waals surface area (Å²) in [5.74, 6) is 0.943. The van der Waals surface area contributed by atoms with Crippen LogP contribution >= 0.6 is 23.4 Å². The number of amides is 1. The van der Waals surface area contributed by atoms with Crippen LogP contribution in [-0.2, 0) is 0 Å². The molecule has 0 radical (unpaired) electrons. The van der Waals surface area contributed by atoms with E-state index in [9.17, 15) is 4.79 Å². The summed E-state index contributed by atoms with van der Waals surface area (Å²) in [6.07, 6.45) is 3.93. The molecule has 1 aromatic rings. The average Bonchev–Trinajstić information content (AvgIpc) is 2.39. The van der Waals surface area contributed by atoms with Gasteiger partial charge in [0.25, 0.3) is 5.91 Å². The van der Waals surface area contributed by atoms with Crippen LogP contribution in [0.2, 0.25) is 5.15 Å². The predicted octanol–water partition coefficient (Wildman–Crippen LogP) is 2.10. The van der Waals surface area contributed by atoms with Gasteiger partial charge in [0.2, 0.25) is 0 Å². The van der Waals surface area contributed by atoms with Crippen molar-refractivity contribution in [3.63, 3.8) is 0 Å². The van der Waals surface area contributed by atoms with E-state index in [0.29, 0.717) is 16.1 Å². The highest BCUT2D eigenvalue weighted by atomic mass is 35.5. The summed E-state index contributed by atoms with van der Waals surface area (Å²) in [5, 5.41) is 0.843. The summed E-state index contributed by atoms with van der Waals surface area (Å²) >= 11 is 7.58. The molecule has 6 heteroatoms. The second-order valence-electron chi connectivity index (χ2n) is 3.88. The third-order valence-electron chi connectivity index (χ3n) is 2.72. The highest BCUT2D eigenvalue weighted by Gasteiger charge is 2.24. The summed E-state index contributed by atoms with van der Waals surface area (Å²) in [5.41, 5.74) is 0.371. The molecule has 1 aliphatic rings. The fourth-order valence-corrected chi connectivity index (χ4v) is 3.01. The van der Waals surface area contributed by atoms with E-state index >= 15 is 0 Å². The maximum Gasteiger partial charge on any atom is 0.274 e. The summed E-state index contributed by atoms with van der Waals surface area (Å²) in [6, 6.07) is 0. The topological polar surface area (TPSA) is 46.1 Å². The molecular formula is C11H14ClN3OS. The lowest BCUT2D eigenvalue weighted by molar-refractivity contribution is 0.0754. The lowest BCUT2D eigenvalue weighted by atomic mass is 10.2. The second kappa shape index (κ2) is 5.69. The zero-order valence-corrected chi connectivity index (χ0v) is 11.2. The first kappa shape index (κ1) is 12.6. The first-order valence-corrected chi connectivity index (χ1v) is 7.01. The molecule has 1 atom stereocenters. The van der Waals surface area contributed by atoms with Crippen molar-refractivity contribution in [1.29, 1.82) is 0 Å². The minimum Gasteiger partial charge on any atom is -0.335 e. The molecule has 0 spiro atoms. The van der Waals surface area contributed by atoms with Crippen LogP contribution in [0.25, 0.3) is 0 Å². The van der Waals surface area contributed by atoms with Gasteiger partial charge in [-0.05, 0) is 6.42 Å². The Kier molecular flexibility index (Phi) is 4.23. The molecule has 1 fully saturated rings. The van der Waals surface area contributed by atoms with E-state index in [4.69, 9.17) is 11.6 Å². The molecular weight excluding hydrogens is 258 g/mol. The van der Waals surface area contributed by atoms with Crippen LogP contribution in [0.3, 0.4) is 0 Å². The smallest absolute Gasteiger partial charge is 0.274 e. The molecule has 0 aliphatic carbocycles. The molecule has 2 heterocycles. The van der Waals surface area contributed by atoms with Crippen LogP contribution < -0.4 is 0 Å². The van der Waals surface area contributed by atoms with E-state index in [2.05, 4.69) is 16.9 Å². The molecule has 4 nitrogen and oxygen atoms in total. The van der Waals surface area contributed by atoms with Crippen molar-refractivity contribution >= 4 is 29.3 Å². The Labute approximate surface area is 110 Å². The Morgan fingerprint density at radius 3 is 3.06 bits per heavy atom. The van der Waals surface area contributed by atoms with E-state index in [0.717, 1.165) is 25.3 Å². The first-order chi connectivity index (χ1) is 8.20. The zero-order chi connectivity index (χ0) is 12.3. The van der Waals surface area contributed by atoms with Crippen molar-refractivity contribution in [2.75, 3.05) is 18.8 Å². The van der Waals surface area contributed by atoms with Gasteiger partial charge in [0.1, 0.15) is 10.8 Å². The van der Waals surface area contributed by atoms with Crippen molar-refractivity contribution in [1.82, 2.24) is 14.9 Å². The van der Waals surface area contributed by atoms with Crippen LogP contribution in [0.1, 0.15) is 23.8 Å². The van der Waals surface area contributed by atoms with E-state index in [1.807, 2.05) is 16.7 Å². The molecule has 1 amide bonds. The van der Waals surface area contributed by atoms with Gasteiger partial charge in [0.05, 0.1) is 12.4 Å². The minimum absolute atomic E-state index is 0.0482. The number of carbonyl (C=O) groups is 1. The number of rotatable bonds is 2. The van der Waals surface area contributed by atoms with Crippen LogP contribution in [0.15, 0.2) is 12.4 Å². The maximum absolute atomic E-state index is 12.1. The summed E-state index contributed by atoms with van der Waals surface area (Å²) < 4.78 is 0. The SMILES string of the molecule is CCC1CN(C(=O)c2cnc(Cl)cn2)CCS1. The van der Waals surface area contributed by atoms with Crippen molar-refractivity contribution in [2.24, 2.45) is 0 Å². The van der Waals surface area contributed by atoms with Gasteiger partial charge in [-0.3, -0.25) is 4.79 Å². The van der Waals surface area contributed by atoms with Crippen LogP contribution in [-0.4, -0.2) is 44.9 Å². The molecule has 92 valence electrons. The van der Waals surface area contributed by atoms with Crippen molar-refractivity contribution in [3.05, 3.63) is 23.2 Å². The van der Waals surface area contributed by atoms with Gasteiger partial charge in [-0.1, -0.05) is 18.5 Å². The molecule has 2 rings (SSSR count). The van der Waals surface area contributed by atoms with Gasteiger partial charge >= 0.3 is 0 Å². The highest BCUT2D eigenvalue weighted by Crippen LogP contribution is 2.22. The molecule has 0 N–H and O–H groups in total. The van der Waals surface area contributed by atoms with E-state index in [1.54, 1.807) is 0 Å². The molecule has 0 bridgehead atoms. The van der Waals surface area contributed by atoms with E-state index < -0.39 is 0 Å². The number of carbonyl (C=O) groups excluding carboxylic acids is 1. The predicted molar refractivity (Wildman–Crippen MR) is 69.5 cm³/mol. The van der Waals surface area contributed by atoms with Crippen LogP contribution in [0.5, 0.6) is 0 Å². The second-order valence-corrected chi connectivity index (χ2v) is 5.67. The Balaban J connectivity index is 2.06. The summed E-state index contributed by atoms with van der Waals surface area (Å²) in [7, 11) is 0. The Bertz CT molecular complexity index is 398. The van der Waals surface area contributed by atoms with E-state index in [1.165, 1.54) is 12.4 Å². The molecule has 1 aliphatic heterocycles. The number of hydrogen-bond donors (Lipinski definition) is 0. The number of hydrogen-bond acceptors (Lipinski definition) is 4. The number of aromatic nitrogens is 2. The van der Waals surface area contributed by atoms with Gasteiger partial charge in [-0.15, -0.1) is 0 Å². The van der Waals surface area contributed by atoms with Crippen molar-refractivity contribution < 1.29 is 4.79 Å². The number of thioether (sulfide) groups is 1. The number of nitrogens with zero attached hydrogens (tertiary/aromatic N) is 3. The standard InChI is InChI=1S/C11H14ClN3OS/c1-2-8-7-15(3-4-17-8)11(16)9-5-14-10(12)6-13-9/h5-6,8H,2-4,7H2,1H3. The minimum atomic E-state index is -0.0482. The van der Waals surface area contributed by atoms with Gasteiger partial charge in [0, 0.05) is 24.1 Å². The van der Waals surface area contributed by atoms with Crippen molar-refractivity contribution in [2.45, 2.75) is 18.6 Å². The Hall–Kier alpha value is -0.810. The molecule has 0 aromatic carbocycles. The van der Waals surface area contributed by atoms with E-state index in [-0.39, 0.29) is 5.91 Å². The third-order valence-corrected chi connectivity index (χ3v) is 4.29. The zero-order valence-electron chi connectivity index (χ0n) is 9.60. The fourth-order valence-electron chi connectivity index (χ4n) is 1.74. The third kappa shape index (κ3) is 3.10. The fraction of sp³-hybridized carbons (Fsp3) is 0.545. The average molecular weight is 272 g/mol. The van der Waals surface area contributed by atoms with Gasteiger partial charge < -0.3 is 4.90 Å². The van der Waals surface area contributed by atoms with Gasteiger partial charge in [0.15, 0.2) is 0 Å². The van der Waals surface area contributed by atoms with Crippen LogP contribution in [0.4, 0.5) is 0 Å². The highest BCUT2D eigenvalue weighted by molar-refractivity contribution is 8.00. The Morgan fingerprint density at radius 1 is 1.59 bits per heavy atom. The molecule has 0 saturated carbocycles. The van der Waals surface area contributed by atoms with Crippen LogP contribution in [0, 0.1) is 0 Å². The van der Waals surface area contributed by atoms with Gasteiger partial charge in [-0.25, -0.2) is 9.97 Å². The van der Waals surface area contributed by atoms with Crippen molar-refractivity contribution in [3.8, 4) is 0 Å². The quantitative estimate of drug-likeness (QED) is 0.826. The largest absolute Gasteiger partial charge is 0.335 e. The monoisotopic (exact) mass is 271 g/mol. The summed E-state index contributed by atoms with van der Waals surface area (Å²) in [4.78, 5) is 21.9.